The third kappa shape index (κ3) is 4.13. The van der Waals surface area contributed by atoms with E-state index in [0.29, 0.717) is 25.1 Å². The molecule has 1 fully saturated rings. The van der Waals surface area contributed by atoms with Crippen molar-refractivity contribution in [3.05, 3.63) is 29.3 Å². The maximum Gasteiger partial charge on any atom is 0.417 e. The summed E-state index contributed by atoms with van der Waals surface area (Å²) in [5.74, 6) is 0.461. The lowest BCUT2D eigenvalue weighted by molar-refractivity contribution is -0.137. The Hall–Kier alpha value is -1.75. The fraction of sp³-hybridized carbons (Fsp3) is 0.500. The predicted molar refractivity (Wildman–Crippen MR) is 76.0 cm³/mol. The predicted octanol–water partition coefficient (Wildman–Crippen LogP) is 2.81. The van der Waals surface area contributed by atoms with Crippen molar-refractivity contribution in [1.29, 1.82) is 5.26 Å². The Balaban J connectivity index is 2.01. The van der Waals surface area contributed by atoms with Crippen molar-refractivity contribution < 1.29 is 21.6 Å². The minimum Gasteiger partial charge on any atom is -0.385 e. The Morgan fingerprint density at radius 1 is 1.27 bits per heavy atom. The van der Waals surface area contributed by atoms with Crippen LogP contribution in [0.2, 0.25) is 0 Å². The summed E-state index contributed by atoms with van der Waals surface area (Å²) in [4.78, 5) is 0. The zero-order chi connectivity index (χ0) is 16.4. The van der Waals surface area contributed by atoms with Crippen LogP contribution in [0, 0.1) is 17.2 Å². The van der Waals surface area contributed by atoms with Crippen LogP contribution in [-0.4, -0.2) is 26.5 Å². The highest BCUT2D eigenvalue weighted by molar-refractivity contribution is 7.91. The van der Waals surface area contributed by atoms with Gasteiger partial charge in [-0.05, 0) is 37.0 Å². The fourth-order valence-corrected chi connectivity index (χ4v) is 3.99. The van der Waals surface area contributed by atoms with E-state index in [-0.39, 0.29) is 17.4 Å². The normalized spacial score (nSPS) is 18.6. The van der Waals surface area contributed by atoms with Crippen molar-refractivity contribution in [3.8, 4) is 6.07 Å². The summed E-state index contributed by atoms with van der Waals surface area (Å²) in [5, 5.41) is 11.8. The highest BCUT2D eigenvalue weighted by atomic mass is 32.2. The van der Waals surface area contributed by atoms with Crippen molar-refractivity contribution in [3.63, 3.8) is 0 Å². The molecule has 0 amide bonds. The molecule has 22 heavy (non-hydrogen) atoms. The summed E-state index contributed by atoms with van der Waals surface area (Å²) in [7, 11) is -2.93. The standard InChI is InChI=1S/C14H15F3N2O2S/c15-14(16,17)13-2-1-12(7-11(13)8-18)19-9-10-3-5-22(20,21)6-4-10/h1-2,7,10,19H,3-6,9H2. The molecule has 0 atom stereocenters. The number of benzene rings is 1. The molecule has 8 heteroatoms. The van der Waals surface area contributed by atoms with Crippen molar-refractivity contribution in [1.82, 2.24) is 0 Å². The number of hydrogen-bond acceptors (Lipinski definition) is 4. The summed E-state index contributed by atoms with van der Waals surface area (Å²) in [6.07, 6.45) is -3.47. The van der Waals surface area contributed by atoms with Crippen molar-refractivity contribution in [2.24, 2.45) is 5.92 Å². The van der Waals surface area contributed by atoms with Gasteiger partial charge in [-0.25, -0.2) is 8.42 Å². The monoisotopic (exact) mass is 332 g/mol. The van der Waals surface area contributed by atoms with Gasteiger partial charge in [-0.3, -0.25) is 0 Å². The van der Waals surface area contributed by atoms with Crippen LogP contribution in [0.1, 0.15) is 24.0 Å². The summed E-state index contributed by atoms with van der Waals surface area (Å²) in [6, 6.07) is 4.88. The maximum absolute atomic E-state index is 12.7. The highest BCUT2D eigenvalue weighted by Gasteiger charge is 2.33. The van der Waals surface area contributed by atoms with E-state index in [2.05, 4.69) is 5.32 Å². The first-order valence-electron chi connectivity index (χ1n) is 6.77. The first-order chi connectivity index (χ1) is 10.2. The van der Waals surface area contributed by atoms with Gasteiger partial charge in [-0.15, -0.1) is 0 Å². The van der Waals surface area contributed by atoms with Gasteiger partial charge in [-0.1, -0.05) is 0 Å². The van der Waals surface area contributed by atoms with E-state index < -0.39 is 27.1 Å². The molecule has 0 radical (unpaired) electrons. The van der Waals surface area contributed by atoms with Gasteiger partial charge in [0.15, 0.2) is 0 Å². The van der Waals surface area contributed by atoms with E-state index in [4.69, 9.17) is 5.26 Å². The molecule has 0 aliphatic carbocycles. The lowest BCUT2D eigenvalue weighted by Crippen LogP contribution is -2.27. The third-order valence-corrected chi connectivity index (χ3v) is 5.43. The number of rotatable bonds is 3. The number of nitrogens with zero attached hydrogens (tertiary/aromatic N) is 1. The lowest BCUT2D eigenvalue weighted by atomic mass is 10.0. The average molecular weight is 332 g/mol. The molecular formula is C14H15F3N2O2S. The first kappa shape index (κ1) is 16.6. The van der Waals surface area contributed by atoms with Gasteiger partial charge in [0, 0.05) is 12.2 Å². The molecule has 0 bridgehead atoms. The number of nitriles is 1. The van der Waals surface area contributed by atoms with Crippen LogP contribution in [0.4, 0.5) is 18.9 Å². The molecule has 2 rings (SSSR count). The van der Waals surface area contributed by atoms with E-state index in [0.717, 1.165) is 6.07 Å². The zero-order valence-corrected chi connectivity index (χ0v) is 12.5. The average Bonchev–Trinajstić information content (AvgIpc) is 2.44. The van der Waals surface area contributed by atoms with Crippen molar-refractivity contribution >= 4 is 15.5 Å². The number of hydrogen-bond donors (Lipinski definition) is 1. The van der Waals surface area contributed by atoms with Crippen LogP contribution in [0.5, 0.6) is 0 Å². The van der Waals surface area contributed by atoms with Crippen LogP contribution in [0.3, 0.4) is 0 Å². The third-order valence-electron chi connectivity index (χ3n) is 3.71. The van der Waals surface area contributed by atoms with E-state index in [1.54, 1.807) is 6.07 Å². The molecule has 0 saturated carbocycles. The van der Waals surface area contributed by atoms with Crippen LogP contribution >= 0.6 is 0 Å². The molecule has 4 nitrogen and oxygen atoms in total. The van der Waals surface area contributed by atoms with Crippen molar-refractivity contribution in [2.75, 3.05) is 23.4 Å². The van der Waals surface area contributed by atoms with Crippen molar-refractivity contribution in [2.45, 2.75) is 19.0 Å². The smallest absolute Gasteiger partial charge is 0.385 e. The number of halogens is 3. The Morgan fingerprint density at radius 2 is 1.91 bits per heavy atom. The second kappa shape index (κ2) is 6.16. The molecule has 0 unspecified atom stereocenters. The van der Waals surface area contributed by atoms with E-state index in [1.165, 1.54) is 12.1 Å². The summed E-state index contributed by atoms with van der Waals surface area (Å²) < 4.78 is 60.7. The van der Waals surface area contributed by atoms with Gasteiger partial charge in [0.1, 0.15) is 9.84 Å². The maximum atomic E-state index is 12.7. The van der Waals surface area contributed by atoms with Gasteiger partial charge < -0.3 is 5.32 Å². The molecule has 1 aromatic rings. The minimum absolute atomic E-state index is 0.149. The first-order valence-corrected chi connectivity index (χ1v) is 8.59. The molecule has 1 heterocycles. The molecular weight excluding hydrogens is 317 g/mol. The van der Waals surface area contributed by atoms with Crippen LogP contribution in [0.15, 0.2) is 18.2 Å². The van der Waals surface area contributed by atoms with Gasteiger partial charge in [0.2, 0.25) is 0 Å². The minimum atomic E-state index is -4.55. The molecule has 120 valence electrons. The Kier molecular flexibility index (Phi) is 4.66. The Morgan fingerprint density at radius 3 is 2.45 bits per heavy atom. The molecule has 0 aromatic heterocycles. The van der Waals surface area contributed by atoms with Gasteiger partial charge in [0.05, 0.1) is 28.7 Å². The number of anilines is 1. The van der Waals surface area contributed by atoms with Crippen LogP contribution < -0.4 is 5.32 Å². The lowest BCUT2D eigenvalue weighted by Gasteiger charge is -2.22. The van der Waals surface area contributed by atoms with E-state index in [9.17, 15) is 21.6 Å². The topological polar surface area (TPSA) is 70.0 Å². The molecule has 1 aliphatic rings. The molecule has 0 spiro atoms. The van der Waals surface area contributed by atoms with Crippen LogP contribution in [0.25, 0.3) is 0 Å². The second-order valence-corrected chi connectivity index (χ2v) is 7.65. The van der Waals surface area contributed by atoms with Gasteiger partial charge in [-0.2, -0.15) is 18.4 Å². The van der Waals surface area contributed by atoms with E-state index in [1.807, 2.05) is 0 Å². The fourth-order valence-electron chi connectivity index (χ4n) is 2.40. The quantitative estimate of drug-likeness (QED) is 0.924. The Labute approximate surface area is 126 Å². The molecule has 1 saturated heterocycles. The summed E-state index contributed by atoms with van der Waals surface area (Å²) in [5.41, 5.74) is -0.953. The molecule has 1 N–H and O–H groups in total. The molecule has 1 aliphatic heterocycles. The number of sulfone groups is 1. The number of alkyl halides is 3. The summed E-state index contributed by atoms with van der Waals surface area (Å²) in [6.45, 7) is 0.478. The largest absolute Gasteiger partial charge is 0.417 e. The summed E-state index contributed by atoms with van der Waals surface area (Å²) >= 11 is 0. The zero-order valence-electron chi connectivity index (χ0n) is 11.7. The SMILES string of the molecule is N#Cc1cc(NCC2CCS(=O)(=O)CC2)ccc1C(F)(F)F. The van der Waals surface area contributed by atoms with E-state index >= 15 is 0 Å². The second-order valence-electron chi connectivity index (χ2n) is 5.35. The number of nitrogens with one attached hydrogen (secondary N) is 1. The molecule has 1 aromatic carbocycles. The van der Waals surface area contributed by atoms with Gasteiger partial charge >= 0.3 is 6.18 Å². The van der Waals surface area contributed by atoms with Gasteiger partial charge in [0.25, 0.3) is 0 Å². The highest BCUT2D eigenvalue weighted by Crippen LogP contribution is 2.33. The Bertz CT molecular complexity index is 679. The van der Waals surface area contributed by atoms with Crippen LogP contribution in [-0.2, 0) is 16.0 Å².